The van der Waals surface area contributed by atoms with Crippen LogP contribution in [0.25, 0.3) is 0 Å². The molecule has 0 amide bonds. The Labute approximate surface area is 91.1 Å². The summed E-state index contributed by atoms with van der Waals surface area (Å²) in [6.07, 6.45) is 2.87. The van der Waals surface area contributed by atoms with Crippen molar-refractivity contribution in [1.82, 2.24) is 0 Å². The summed E-state index contributed by atoms with van der Waals surface area (Å²) in [5.41, 5.74) is 6.15. The Bertz CT molecular complexity index is 198. The van der Waals surface area contributed by atoms with E-state index in [1.165, 1.54) is 0 Å². The smallest absolute Gasteiger partial charge is 0.0876 e. The van der Waals surface area contributed by atoms with Crippen LogP contribution in [0.4, 0.5) is 0 Å². The topological polar surface area (TPSA) is 53.7 Å². The van der Waals surface area contributed by atoms with Crippen LogP contribution in [0.2, 0.25) is 0 Å². The van der Waals surface area contributed by atoms with Gasteiger partial charge in [0, 0.05) is 51.7 Å². The van der Waals surface area contributed by atoms with Crippen molar-refractivity contribution in [2.45, 2.75) is 30.9 Å². The van der Waals surface area contributed by atoms with Gasteiger partial charge in [0.15, 0.2) is 0 Å². The van der Waals surface area contributed by atoms with E-state index in [2.05, 4.69) is 0 Å². The first-order chi connectivity index (χ1) is 7.28. The van der Waals surface area contributed by atoms with Gasteiger partial charge in [0.1, 0.15) is 0 Å². The molecule has 0 aliphatic carbocycles. The molecule has 4 heteroatoms. The number of ether oxygens (including phenoxy) is 3. The number of rotatable bonds is 3. The predicted molar refractivity (Wildman–Crippen MR) is 56.7 cm³/mol. The molecule has 2 rings (SSSR count). The lowest BCUT2D eigenvalue weighted by Crippen LogP contribution is -2.56. The maximum absolute atomic E-state index is 6.34. The zero-order valence-electron chi connectivity index (χ0n) is 9.41. The van der Waals surface area contributed by atoms with Gasteiger partial charge in [0.2, 0.25) is 0 Å². The van der Waals surface area contributed by atoms with E-state index in [-0.39, 0.29) is 11.6 Å². The normalized spacial score (nSPS) is 32.8. The Morgan fingerprint density at radius 3 is 2.53 bits per heavy atom. The van der Waals surface area contributed by atoms with E-state index in [4.69, 9.17) is 19.9 Å². The predicted octanol–water partition coefficient (Wildman–Crippen LogP) is 0.546. The third-order valence-corrected chi connectivity index (χ3v) is 3.83. The molecule has 2 aliphatic rings. The SMILES string of the molecule is COC1(C(N)C2CCOC2)CCOCC1. The highest BCUT2D eigenvalue weighted by Gasteiger charge is 2.43. The maximum Gasteiger partial charge on any atom is 0.0876 e. The summed E-state index contributed by atoms with van der Waals surface area (Å²) in [6, 6.07) is 0.0777. The fourth-order valence-corrected chi connectivity index (χ4v) is 2.66. The van der Waals surface area contributed by atoms with Gasteiger partial charge < -0.3 is 19.9 Å². The van der Waals surface area contributed by atoms with Gasteiger partial charge in [-0.25, -0.2) is 0 Å². The van der Waals surface area contributed by atoms with E-state index in [1.807, 2.05) is 0 Å². The molecule has 0 aromatic heterocycles. The van der Waals surface area contributed by atoms with Crippen molar-refractivity contribution in [3.05, 3.63) is 0 Å². The molecule has 0 bridgehead atoms. The van der Waals surface area contributed by atoms with Crippen molar-refractivity contribution in [3.63, 3.8) is 0 Å². The zero-order valence-corrected chi connectivity index (χ0v) is 9.41. The lowest BCUT2D eigenvalue weighted by atomic mass is 9.79. The molecule has 0 aromatic rings. The molecular weight excluding hydrogens is 194 g/mol. The monoisotopic (exact) mass is 215 g/mol. The minimum absolute atomic E-state index is 0.0777. The molecule has 2 heterocycles. The average Bonchev–Trinajstić information content (AvgIpc) is 2.82. The fraction of sp³-hybridized carbons (Fsp3) is 1.00. The molecular formula is C11H21NO3. The van der Waals surface area contributed by atoms with E-state index in [0.717, 1.165) is 45.7 Å². The standard InChI is InChI=1S/C11H21NO3/c1-13-11(3-6-14-7-4-11)10(12)9-2-5-15-8-9/h9-10H,2-8,12H2,1H3. The summed E-state index contributed by atoms with van der Waals surface area (Å²) in [7, 11) is 1.76. The van der Waals surface area contributed by atoms with E-state index in [9.17, 15) is 0 Å². The Morgan fingerprint density at radius 2 is 2.00 bits per heavy atom. The molecule has 2 aliphatic heterocycles. The summed E-state index contributed by atoms with van der Waals surface area (Å²) in [4.78, 5) is 0. The lowest BCUT2D eigenvalue weighted by molar-refractivity contribution is -0.113. The van der Waals surface area contributed by atoms with Crippen molar-refractivity contribution in [2.75, 3.05) is 33.5 Å². The van der Waals surface area contributed by atoms with Crippen LogP contribution < -0.4 is 5.73 Å². The van der Waals surface area contributed by atoms with Crippen molar-refractivity contribution < 1.29 is 14.2 Å². The van der Waals surface area contributed by atoms with Crippen molar-refractivity contribution >= 4 is 0 Å². The largest absolute Gasteiger partial charge is 0.381 e. The zero-order chi connectivity index (χ0) is 10.7. The Kier molecular flexibility index (Phi) is 3.61. The molecule has 2 unspecified atom stereocenters. The highest BCUT2D eigenvalue weighted by Crippen LogP contribution is 2.33. The Balaban J connectivity index is 2.02. The van der Waals surface area contributed by atoms with Crippen LogP contribution >= 0.6 is 0 Å². The number of hydrogen-bond donors (Lipinski definition) is 1. The second-order valence-corrected chi connectivity index (χ2v) is 4.53. The summed E-state index contributed by atoms with van der Waals surface area (Å²) < 4.78 is 16.5. The molecule has 0 radical (unpaired) electrons. The summed E-state index contributed by atoms with van der Waals surface area (Å²) >= 11 is 0. The number of hydrogen-bond acceptors (Lipinski definition) is 4. The molecule has 4 nitrogen and oxygen atoms in total. The number of methoxy groups -OCH3 is 1. The van der Waals surface area contributed by atoms with E-state index in [1.54, 1.807) is 7.11 Å². The van der Waals surface area contributed by atoms with Gasteiger partial charge >= 0.3 is 0 Å². The maximum atomic E-state index is 6.34. The minimum atomic E-state index is -0.184. The van der Waals surface area contributed by atoms with Gasteiger partial charge in [-0.05, 0) is 6.42 Å². The third-order valence-electron chi connectivity index (χ3n) is 3.83. The second-order valence-electron chi connectivity index (χ2n) is 4.53. The minimum Gasteiger partial charge on any atom is -0.381 e. The van der Waals surface area contributed by atoms with Crippen molar-refractivity contribution in [3.8, 4) is 0 Å². The molecule has 2 saturated heterocycles. The lowest BCUT2D eigenvalue weighted by Gasteiger charge is -2.42. The highest BCUT2D eigenvalue weighted by molar-refractivity contribution is 4.97. The quantitative estimate of drug-likeness (QED) is 0.747. The van der Waals surface area contributed by atoms with Gasteiger partial charge in [0.05, 0.1) is 12.2 Å². The van der Waals surface area contributed by atoms with Crippen LogP contribution in [-0.4, -0.2) is 45.2 Å². The van der Waals surface area contributed by atoms with Gasteiger partial charge in [-0.2, -0.15) is 0 Å². The molecule has 2 fully saturated rings. The fourth-order valence-electron chi connectivity index (χ4n) is 2.66. The Morgan fingerprint density at radius 1 is 1.27 bits per heavy atom. The highest BCUT2D eigenvalue weighted by atomic mass is 16.5. The summed E-state index contributed by atoms with van der Waals surface area (Å²) in [5, 5.41) is 0. The van der Waals surface area contributed by atoms with Crippen LogP contribution in [0.15, 0.2) is 0 Å². The van der Waals surface area contributed by atoms with Gasteiger partial charge in [-0.1, -0.05) is 0 Å². The van der Waals surface area contributed by atoms with Crippen LogP contribution in [0.3, 0.4) is 0 Å². The van der Waals surface area contributed by atoms with E-state index < -0.39 is 0 Å². The van der Waals surface area contributed by atoms with Gasteiger partial charge in [0.25, 0.3) is 0 Å². The van der Waals surface area contributed by atoms with Crippen LogP contribution in [0.5, 0.6) is 0 Å². The third kappa shape index (κ3) is 2.18. The molecule has 0 aromatic carbocycles. The van der Waals surface area contributed by atoms with E-state index >= 15 is 0 Å². The van der Waals surface area contributed by atoms with E-state index in [0.29, 0.717) is 5.92 Å². The van der Waals surface area contributed by atoms with Crippen LogP contribution in [-0.2, 0) is 14.2 Å². The van der Waals surface area contributed by atoms with Gasteiger partial charge in [-0.3, -0.25) is 0 Å². The Hall–Kier alpha value is -0.160. The average molecular weight is 215 g/mol. The molecule has 2 atom stereocenters. The van der Waals surface area contributed by atoms with Gasteiger partial charge in [-0.15, -0.1) is 0 Å². The first-order valence-corrected chi connectivity index (χ1v) is 5.75. The summed E-state index contributed by atoms with van der Waals surface area (Å²) in [5.74, 6) is 0.447. The second kappa shape index (κ2) is 4.78. The van der Waals surface area contributed by atoms with Crippen molar-refractivity contribution in [1.29, 1.82) is 0 Å². The van der Waals surface area contributed by atoms with Crippen LogP contribution in [0.1, 0.15) is 19.3 Å². The first kappa shape index (κ1) is 11.3. The van der Waals surface area contributed by atoms with Crippen LogP contribution in [0, 0.1) is 5.92 Å². The number of nitrogens with two attached hydrogens (primary N) is 1. The molecule has 15 heavy (non-hydrogen) atoms. The molecule has 0 saturated carbocycles. The first-order valence-electron chi connectivity index (χ1n) is 5.75. The molecule has 88 valence electrons. The molecule has 0 spiro atoms. The van der Waals surface area contributed by atoms with Crippen molar-refractivity contribution in [2.24, 2.45) is 11.7 Å². The summed E-state index contributed by atoms with van der Waals surface area (Å²) in [6.45, 7) is 3.14. The molecule has 2 N–H and O–H groups in total.